The van der Waals surface area contributed by atoms with Crippen LogP contribution >= 0.6 is 11.6 Å². The lowest BCUT2D eigenvalue weighted by molar-refractivity contribution is 0.0984. The summed E-state index contributed by atoms with van der Waals surface area (Å²) in [7, 11) is 4.32. The van der Waals surface area contributed by atoms with Crippen LogP contribution in [-0.2, 0) is 0 Å². The van der Waals surface area contributed by atoms with Crippen molar-refractivity contribution in [2.75, 3.05) is 33.7 Å². The lowest BCUT2D eigenvalue weighted by Gasteiger charge is -2.40. The van der Waals surface area contributed by atoms with Gasteiger partial charge in [-0.2, -0.15) is 0 Å². The molecule has 2 unspecified atom stereocenters. The van der Waals surface area contributed by atoms with Crippen LogP contribution in [0.5, 0.6) is 0 Å². The van der Waals surface area contributed by atoms with Gasteiger partial charge >= 0.3 is 0 Å². The van der Waals surface area contributed by atoms with E-state index in [1.165, 1.54) is 18.4 Å². The van der Waals surface area contributed by atoms with Crippen molar-refractivity contribution in [1.29, 1.82) is 0 Å². The molecule has 0 radical (unpaired) electrons. The quantitative estimate of drug-likeness (QED) is 0.927. The molecule has 0 aliphatic carbocycles. The van der Waals surface area contributed by atoms with Gasteiger partial charge in [0.25, 0.3) is 0 Å². The van der Waals surface area contributed by atoms with E-state index in [0.29, 0.717) is 12.6 Å². The van der Waals surface area contributed by atoms with E-state index in [1.807, 2.05) is 6.92 Å². The molecule has 1 saturated heterocycles. The molecule has 1 aromatic carbocycles. The number of halogens is 1. The average Bonchev–Trinajstić information content (AvgIpc) is 2.44. The second-order valence-corrected chi connectivity index (χ2v) is 6.42. The number of likely N-dealkylation sites (tertiary alicyclic amines) is 1. The standard InChI is InChI=1S/C16H26ClN3/c1-12-6-7-13(9-15(12)17)16(10-18)20-8-4-5-14(11-20)19(2)3/h6-7,9,14,16H,4-5,8,10-11,18H2,1-3H3. The zero-order valence-electron chi connectivity index (χ0n) is 12.8. The summed E-state index contributed by atoms with van der Waals surface area (Å²) in [5.41, 5.74) is 8.41. The molecule has 0 aromatic heterocycles. The van der Waals surface area contributed by atoms with Gasteiger partial charge < -0.3 is 10.6 Å². The number of rotatable bonds is 4. The smallest absolute Gasteiger partial charge is 0.0471 e. The van der Waals surface area contributed by atoms with E-state index >= 15 is 0 Å². The molecule has 0 bridgehead atoms. The molecule has 1 heterocycles. The van der Waals surface area contributed by atoms with Gasteiger partial charge in [-0.25, -0.2) is 0 Å². The predicted octanol–water partition coefficient (Wildman–Crippen LogP) is 2.67. The van der Waals surface area contributed by atoms with Crippen LogP contribution in [0.25, 0.3) is 0 Å². The van der Waals surface area contributed by atoms with Gasteiger partial charge in [-0.3, -0.25) is 4.90 Å². The van der Waals surface area contributed by atoms with Crippen molar-refractivity contribution < 1.29 is 0 Å². The average molecular weight is 296 g/mol. The third-order valence-corrected chi connectivity index (χ3v) is 4.81. The van der Waals surface area contributed by atoms with Gasteiger partial charge in [0, 0.05) is 30.2 Å². The zero-order valence-corrected chi connectivity index (χ0v) is 13.5. The fourth-order valence-electron chi connectivity index (χ4n) is 3.00. The van der Waals surface area contributed by atoms with Crippen LogP contribution in [0.15, 0.2) is 18.2 Å². The van der Waals surface area contributed by atoms with Crippen LogP contribution in [0.4, 0.5) is 0 Å². The molecule has 0 amide bonds. The van der Waals surface area contributed by atoms with E-state index in [1.54, 1.807) is 0 Å². The Balaban J connectivity index is 2.16. The normalized spacial score (nSPS) is 22.2. The number of piperidine rings is 1. The second kappa shape index (κ2) is 6.90. The Morgan fingerprint density at radius 3 is 2.80 bits per heavy atom. The number of nitrogens with zero attached hydrogens (tertiary/aromatic N) is 2. The van der Waals surface area contributed by atoms with E-state index in [4.69, 9.17) is 17.3 Å². The molecule has 0 spiro atoms. The van der Waals surface area contributed by atoms with Crippen LogP contribution in [0.3, 0.4) is 0 Å². The Morgan fingerprint density at radius 2 is 2.20 bits per heavy atom. The number of nitrogens with two attached hydrogens (primary N) is 1. The molecule has 1 fully saturated rings. The van der Waals surface area contributed by atoms with E-state index in [9.17, 15) is 0 Å². The minimum atomic E-state index is 0.274. The first-order valence-electron chi connectivity index (χ1n) is 7.39. The summed E-state index contributed by atoms with van der Waals surface area (Å²) >= 11 is 6.27. The molecular formula is C16H26ClN3. The highest BCUT2D eigenvalue weighted by Crippen LogP contribution is 2.28. The monoisotopic (exact) mass is 295 g/mol. The molecule has 0 saturated carbocycles. The largest absolute Gasteiger partial charge is 0.329 e. The Bertz CT molecular complexity index is 447. The summed E-state index contributed by atoms with van der Waals surface area (Å²) in [5.74, 6) is 0. The van der Waals surface area contributed by atoms with Crippen molar-refractivity contribution >= 4 is 11.6 Å². The van der Waals surface area contributed by atoms with E-state index < -0.39 is 0 Å². The summed E-state index contributed by atoms with van der Waals surface area (Å²) in [5, 5.41) is 0.835. The third-order valence-electron chi connectivity index (χ3n) is 4.40. The highest BCUT2D eigenvalue weighted by Gasteiger charge is 2.27. The SMILES string of the molecule is Cc1ccc(C(CN)N2CCCC(N(C)C)C2)cc1Cl. The highest BCUT2D eigenvalue weighted by atomic mass is 35.5. The van der Waals surface area contributed by atoms with Gasteiger partial charge in [0.05, 0.1) is 0 Å². The van der Waals surface area contributed by atoms with Gasteiger partial charge in [-0.05, 0) is 57.6 Å². The molecule has 2 N–H and O–H groups in total. The minimum absolute atomic E-state index is 0.274. The fourth-order valence-corrected chi connectivity index (χ4v) is 3.19. The van der Waals surface area contributed by atoms with Crippen LogP contribution in [-0.4, -0.2) is 49.6 Å². The number of aryl methyl sites for hydroxylation is 1. The fraction of sp³-hybridized carbons (Fsp3) is 0.625. The number of hydrogen-bond donors (Lipinski definition) is 1. The second-order valence-electron chi connectivity index (χ2n) is 6.01. The summed E-state index contributed by atoms with van der Waals surface area (Å²) in [6.07, 6.45) is 2.51. The maximum Gasteiger partial charge on any atom is 0.0471 e. The van der Waals surface area contributed by atoms with Crippen LogP contribution in [0.1, 0.15) is 30.0 Å². The first-order chi connectivity index (χ1) is 9.52. The van der Waals surface area contributed by atoms with Crippen molar-refractivity contribution in [2.45, 2.75) is 31.8 Å². The van der Waals surface area contributed by atoms with Gasteiger partial charge in [-0.15, -0.1) is 0 Å². The van der Waals surface area contributed by atoms with E-state index in [0.717, 1.165) is 23.7 Å². The predicted molar refractivity (Wildman–Crippen MR) is 86.3 cm³/mol. The van der Waals surface area contributed by atoms with Crippen molar-refractivity contribution in [1.82, 2.24) is 9.80 Å². The maximum absolute atomic E-state index is 6.27. The summed E-state index contributed by atoms with van der Waals surface area (Å²) < 4.78 is 0. The summed E-state index contributed by atoms with van der Waals surface area (Å²) in [6, 6.07) is 7.23. The molecule has 1 aliphatic heterocycles. The highest BCUT2D eigenvalue weighted by molar-refractivity contribution is 6.31. The lowest BCUT2D eigenvalue weighted by atomic mass is 9.98. The molecule has 4 heteroatoms. The van der Waals surface area contributed by atoms with Crippen LogP contribution < -0.4 is 5.73 Å². The Kier molecular flexibility index (Phi) is 5.44. The van der Waals surface area contributed by atoms with Gasteiger partial charge in [0.1, 0.15) is 0 Å². The topological polar surface area (TPSA) is 32.5 Å². The van der Waals surface area contributed by atoms with E-state index in [-0.39, 0.29) is 6.04 Å². The lowest BCUT2D eigenvalue weighted by Crippen LogP contribution is -2.47. The van der Waals surface area contributed by atoms with Crippen molar-refractivity contribution in [3.8, 4) is 0 Å². The Morgan fingerprint density at radius 1 is 1.45 bits per heavy atom. The van der Waals surface area contributed by atoms with Crippen LogP contribution in [0.2, 0.25) is 5.02 Å². The molecule has 3 nitrogen and oxygen atoms in total. The number of benzene rings is 1. The molecule has 2 rings (SSSR count). The number of hydrogen-bond acceptors (Lipinski definition) is 3. The molecular weight excluding hydrogens is 270 g/mol. The van der Waals surface area contributed by atoms with Crippen molar-refractivity contribution in [2.24, 2.45) is 5.73 Å². The first-order valence-corrected chi connectivity index (χ1v) is 7.77. The Labute approximate surface area is 127 Å². The molecule has 20 heavy (non-hydrogen) atoms. The number of likely N-dealkylation sites (N-methyl/N-ethyl adjacent to an activating group) is 1. The third kappa shape index (κ3) is 3.53. The molecule has 1 aliphatic rings. The summed E-state index contributed by atoms with van der Waals surface area (Å²) in [6.45, 7) is 4.88. The Hall–Kier alpha value is -0.610. The van der Waals surface area contributed by atoms with Crippen LogP contribution in [0, 0.1) is 6.92 Å². The molecule has 1 aromatic rings. The van der Waals surface area contributed by atoms with Gasteiger partial charge in [0.15, 0.2) is 0 Å². The molecule has 112 valence electrons. The van der Waals surface area contributed by atoms with Gasteiger partial charge in [-0.1, -0.05) is 23.7 Å². The summed E-state index contributed by atoms with van der Waals surface area (Å²) in [4.78, 5) is 4.83. The van der Waals surface area contributed by atoms with Crippen molar-refractivity contribution in [3.63, 3.8) is 0 Å². The minimum Gasteiger partial charge on any atom is -0.329 e. The van der Waals surface area contributed by atoms with Gasteiger partial charge in [0.2, 0.25) is 0 Å². The van der Waals surface area contributed by atoms with E-state index in [2.05, 4.69) is 42.1 Å². The molecule has 2 atom stereocenters. The first kappa shape index (κ1) is 15.8. The maximum atomic E-state index is 6.27. The van der Waals surface area contributed by atoms with Crippen molar-refractivity contribution in [3.05, 3.63) is 34.3 Å². The zero-order chi connectivity index (χ0) is 14.7.